The van der Waals surface area contributed by atoms with E-state index < -0.39 is 6.10 Å². The molecule has 1 aliphatic heterocycles. The van der Waals surface area contributed by atoms with Crippen molar-refractivity contribution in [2.24, 2.45) is 0 Å². The summed E-state index contributed by atoms with van der Waals surface area (Å²) in [5, 5.41) is 11.3. The van der Waals surface area contributed by atoms with Gasteiger partial charge in [-0.25, -0.2) is 4.98 Å². The van der Waals surface area contributed by atoms with Crippen LogP contribution in [0.15, 0.2) is 4.79 Å². The maximum Gasteiger partial charge on any atom is 0.259 e. The van der Waals surface area contributed by atoms with Gasteiger partial charge in [-0.05, 0) is 45.1 Å². The molecule has 0 saturated carbocycles. The van der Waals surface area contributed by atoms with E-state index in [0.29, 0.717) is 25.5 Å². The Morgan fingerprint density at radius 3 is 2.84 bits per heavy atom. The van der Waals surface area contributed by atoms with E-state index in [1.54, 1.807) is 11.3 Å². The van der Waals surface area contributed by atoms with E-state index in [1.807, 2.05) is 13.8 Å². The van der Waals surface area contributed by atoms with Crippen molar-refractivity contribution in [1.29, 1.82) is 0 Å². The van der Waals surface area contributed by atoms with Crippen LogP contribution in [0.25, 0.3) is 10.2 Å². The summed E-state index contributed by atoms with van der Waals surface area (Å²) in [6, 6.07) is 0. The molecule has 0 amide bonds. The summed E-state index contributed by atoms with van der Waals surface area (Å²) >= 11 is 1.68. The highest BCUT2D eigenvalue weighted by atomic mass is 32.1. The molecule has 2 aromatic rings. The monoisotopic (exact) mass is 464 g/mol. The summed E-state index contributed by atoms with van der Waals surface area (Å²) in [6.45, 7) is 10.2. The Kier molecular flexibility index (Phi) is 8.31. The van der Waals surface area contributed by atoms with E-state index in [9.17, 15) is 9.90 Å². The molecular formula is C23H36N4O4S. The van der Waals surface area contributed by atoms with Crippen LogP contribution in [0.4, 0.5) is 0 Å². The molecule has 9 heteroatoms. The van der Waals surface area contributed by atoms with E-state index in [2.05, 4.69) is 14.8 Å². The van der Waals surface area contributed by atoms with Crippen molar-refractivity contribution in [3.63, 3.8) is 0 Å². The number of aliphatic hydroxyl groups is 1. The zero-order chi connectivity index (χ0) is 22.5. The molecule has 32 heavy (non-hydrogen) atoms. The van der Waals surface area contributed by atoms with Crippen molar-refractivity contribution >= 4 is 21.6 Å². The fourth-order valence-corrected chi connectivity index (χ4v) is 5.77. The molecule has 2 aliphatic rings. The quantitative estimate of drug-likeness (QED) is 0.554. The molecular weight excluding hydrogens is 428 g/mol. The Morgan fingerprint density at radius 2 is 2.06 bits per heavy atom. The SMILES string of the molecule is CC(C)OC[C@H](O)CN(CCN1CCOCC1)Cc1nc2sc3c(c2c(=O)[nH]1)CCCC3. The van der Waals surface area contributed by atoms with E-state index >= 15 is 0 Å². The van der Waals surface area contributed by atoms with Gasteiger partial charge < -0.3 is 19.6 Å². The number of hydrogen-bond acceptors (Lipinski definition) is 8. The molecule has 178 valence electrons. The minimum Gasteiger partial charge on any atom is -0.389 e. The number of rotatable bonds is 10. The van der Waals surface area contributed by atoms with Crippen LogP contribution >= 0.6 is 11.3 Å². The Labute approximate surface area is 193 Å². The Balaban J connectivity index is 1.48. The fraction of sp³-hybridized carbons (Fsp3) is 0.739. The maximum atomic E-state index is 12.9. The van der Waals surface area contributed by atoms with Gasteiger partial charge in [-0.1, -0.05) is 0 Å². The molecule has 2 N–H and O–H groups in total. The number of aromatic nitrogens is 2. The highest BCUT2D eigenvalue weighted by Crippen LogP contribution is 2.33. The average Bonchev–Trinajstić information content (AvgIpc) is 3.15. The fourth-order valence-electron chi connectivity index (χ4n) is 4.49. The standard InChI is InChI=1S/C23H36N4O4S/c1-16(2)31-15-17(28)13-27(8-7-26-9-11-30-12-10-26)14-20-24-22(29)21-18-5-3-4-6-19(18)32-23(21)25-20/h16-17,28H,3-15H2,1-2H3,(H,24,25,29)/t17-/m1/s1. The van der Waals surface area contributed by atoms with Crippen molar-refractivity contribution in [2.75, 3.05) is 52.5 Å². The number of nitrogens with zero attached hydrogens (tertiary/aromatic N) is 3. The molecule has 1 saturated heterocycles. The van der Waals surface area contributed by atoms with Gasteiger partial charge in [0.05, 0.1) is 44.0 Å². The van der Waals surface area contributed by atoms with E-state index in [-0.39, 0.29) is 11.7 Å². The second-order valence-electron chi connectivity index (χ2n) is 9.13. The van der Waals surface area contributed by atoms with Crippen LogP contribution in [-0.4, -0.2) is 89.6 Å². The van der Waals surface area contributed by atoms with Gasteiger partial charge in [0.2, 0.25) is 0 Å². The summed E-state index contributed by atoms with van der Waals surface area (Å²) in [7, 11) is 0. The van der Waals surface area contributed by atoms with Gasteiger partial charge in [-0.15, -0.1) is 11.3 Å². The van der Waals surface area contributed by atoms with Gasteiger partial charge in [-0.2, -0.15) is 0 Å². The van der Waals surface area contributed by atoms with Crippen LogP contribution in [0.5, 0.6) is 0 Å². The summed E-state index contributed by atoms with van der Waals surface area (Å²) < 4.78 is 11.0. The number of nitrogens with one attached hydrogen (secondary N) is 1. The summed E-state index contributed by atoms with van der Waals surface area (Å²) in [5.74, 6) is 0.667. The maximum absolute atomic E-state index is 12.9. The smallest absolute Gasteiger partial charge is 0.259 e. The molecule has 1 atom stereocenters. The van der Waals surface area contributed by atoms with Crippen LogP contribution in [0.2, 0.25) is 0 Å². The summed E-state index contributed by atoms with van der Waals surface area (Å²) in [6.07, 6.45) is 3.86. The first kappa shape index (κ1) is 23.8. The van der Waals surface area contributed by atoms with Gasteiger partial charge in [0.1, 0.15) is 10.7 Å². The molecule has 0 spiro atoms. The Morgan fingerprint density at radius 1 is 1.28 bits per heavy atom. The average molecular weight is 465 g/mol. The van der Waals surface area contributed by atoms with Gasteiger partial charge in [0.15, 0.2) is 0 Å². The number of thiophene rings is 1. The molecule has 0 aromatic carbocycles. The second-order valence-corrected chi connectivity index (χ2v) is 10.2. The van der Waals surface area contributed by atoms with E-state index in [1.165, 1.54) is 16.9 Å². The number of fused-ring (bicyclic) bond motifs is 3. The lowest BCUT2D eigenvalue weighted by Crippen LogP contribution is -2.43. The van der Waals surface area contributed by atoms with E-state index in [0.717, 1.165) is 68.9 Å². The number of morpholine rings is 1. The molecule has 0 bridgehead atoms. The number of ether oxygens (including phenoxy) is 2. The predicted octanol–water partition coefficient (Wildman–Crippen LogP) is 1.78. The topological polar surface area (TPSA) is 90.9 Å². The lowest BCUT2D eigenvalue weighted by atomic mass is 9.97. The zero-order valence-electron chi connectivity index (χ0n) is 19.3. The molecule has 3 heterocycles. The van der Waals surface area contributed by atoms with Gasteiger partial charge >= 0.3 is 0 Å². The third kappa shape index (κ3) is 6.15. The second kappa shape index (κ2) is 11.2. The number of H-pyrrole nitrogens is 1. The first-order valence-corrected chi connectivity index (χ1v) is 12.7. The van der Waals surface area contributed by atoms with Crippen LogP contribution in [-0.2, 0) is 28.9 Å². The predicted molar refractivity (Wildman–Crippen MR) is 127 cm³/mol. The van der Waals surface area contributed by atoms with Crippen LogP contribution in [0, 0.1) is 0 Å². The minimum atomic E-state index is -0.591. The first-order valence-electron chi connectivity index (χ1n) is 11.8. The minimum absolute atomic E-state index is 0.0266. The Hall–Kier alpha value is -1.36. The van der Waals surface area contributed by atoms with Gasteiger partial charge in [0.25, 0.3) is 5.56 Å². The molecule has 1 fully saturated rings. The summed E-state index contributed by atoms with van der Waals surface area (Å²) in [5.41, 5.74) is 1.18. The largest absolute Gasteiger partial charge is 0.389 e. The third-order valence-corrected chi connectivity index (χ3v) is 7.36. The molecule has 1 aliphatic carbocycles. The van der Waals surface area contributed by atoms with Gasteiger partial charge in [0, 0.05) is 37.6 Å². The van der Waals surface area contributed by atoms with Crippen molar-refractivity contribution in [1.82, 2.24) is 19.8 Å². The van der Waals surface area contributed by atoms with Crippen molar-refractivity contribution in [2.45, 2.75) is 58.3 Å². The molecule has 0 unspecified atom stereocenters. The van der Waals surface area contributed by atoms with E-state index in [4.69, 9.17) is 14.5 Å². The molecule has 0 radical (unpaired) electrons. The number of aromatic amines is 1. The van der Waals surface area contributed by atoms with Crippen LogP contribution in [0.1, 0.15) is 43.0 Å². The highest BCUT2D eigenvalue weighted by molar-refractivity contribution is 7.18. The number of aliphatic hydroxyl groups excluding tert-OH is 1. The lowest BCUT2D eigenvalue weighted by molar-refractivity contribution is -0.0132. The van der Waals surface area contributed by atoms with Crippen molar-refractivity contribution in [3.8, 4) is 0 Å². The number of hydrogen-bond donors (Lipinski definition) is 2. The van der Waals surface area contributed by atoms with Gasteiger partial charge in [-0.3, -0.25) is 14.6 Å². The van der Waals surface area contributed by atoms with Crippen molar-refractivity contribution in [3.05, 3.63) is 26.6 Å². The van der Waals surface area contributed by atoms with Crippen LogP contribution in [0.3, 0.4) is 0 Å². The lowest BCUT2D eigenvalue weighted by Gasteiger charge is -2.30. The zero-order valence-corrected chi connectivity index (χ0v) is 20.1. The molecule has 8 nitrogen and oxygen atoms in total. The normalized spacial score (nSPS) is 18.5. The third-order valence-electron chi connectivity index (χ3n) is 6.17. The Bertz CT molecular complexity index is 938. The van der Waals surface area contributed by atoms with Crippen molar-refractivity contribution < 1.29 is 14.6 Å². The summed E-state index contributed by atoms with van der Waals surface area (Å²) in [4.78, 5) is 27.5. The highest BCUT2D eigenvalue weighted by Gasteiger charge is 2.21. The van der Waals surface area contributed by atoms with Crippen LogP contribution < -0.4 is 5.56 Å². The number of aryl methyl sites for hydroxylation is 2. The first-order chi connectivity index (χ1) is 15.5. The molecule has 4 rings (SSSR count). The molecule has 2 aromatic heterocycles.